The Morgan fingerprint density at radius 2 is 2.33 bits per heavy atom. The molecule has 0 aliphatic carbocycles. The first kappa shape index (κ1) is 16.2. The van der Waals surface area contributed by atoms with E-state index in [1.54, 1.807) is 0 Å². The average molecular weight is 296 g/mol. The number of aliphatic hydroxyl groups excluding tert-OH is 2. The molecule has 1 aromatic rings. The highest BCUT2D eigenvalue weighted by atomic mass is 16.5. The number of nitrogens with two attached hydrogens (primary N) is 1. The van der Waals surface area contributed by atoms with Crippen molar-refractivity contribution in [2.75, 3.05) is 39.5 Å². The Morgan fingerprint density at radius 1 is 1.48 bits per heavy atom. The summed E-state index contributed by atoms with van der Waals surface area (Å²) < 4.78 is 11.0. The summed E-state index contributed by atoms with van der Waals surface area (Å²) >= 11 is 0. The molecule has 0 bridgehead atoms. The molecule has 21 heavy (non-hydrogen) atoms. The van der Waals surface area contributed by atoms with Crippen LogP contribution in [-0.4, -0.2) is 66.8 Å². The fourth-order valence-corrected chi connectivity index (χ4v) is 2.36. The third kappa shape index (κ3) is 5.26. The van der Waals surface area contributed by atoms with E-state index < -0.39 is 6.10 Å². The minimum absolute atomic E-state index is 0.00890. The fraction of sp³-hybridized carbons (Fsp3) is 0.600. The van der Waals surface area contributed by atoms with E-state index in [-0.39, 0.29) is 19.3 Å². The van der Waals surface area contributed by atoms with Gasteiger partial charge in [0.25, 0.3) is 0 Å². The molecule has 1 heterocycles. The van der Waals surface area contributed by atoms with E-state index in [4.69, 9.17) is 20.3 Å². The minimum Gasteiger partial charge on any atom is -0.491 e. The lowest BCUT2D eigenvalue weighted by atomic mass is 10.2. The summed E-state index contributed by atoms with van der Waals surface area (Å²) in [5.41, 5.74) is 6.58. The van der Waals surface area contributed by atoms with Crippen LogP contribution in [0.2, 0.25) is 0 Å². The van der Waals surface area contributed by atoms with Crippen molar-refractivity contribution in [2.24, 2.45) is 5.73 Å². The van der Waals surface area contributed by atoms with E-state index in [2.05, 4.69) is 4.90 Å². The minimum atomic E-state index is -0.580. The number of hydrogen-bond acceptors (Lipinski definition) is 6. The van der Waals surface area contributed by atoms with Crippen molar-refractivity contribution >= 4 is 0 Å². The average Bonchev–Trinajstić information content (AvgIpc) is 2.53. The maximum Gasteiger partial charge on any atom is 0.119 e. The van der Waals surface area contributed by atoms with Crippen LogP contribution >= 0.6 is 0 Å². The Labute approximate surface area is 125 Å². The zero-order valence-corrected chi connectivity index (χ0v) is 12.1. The van der Waals surface area contributed by atoms with Gasteiger partial charge in [-0.3, -0.25) is 4.90 Å². The Morgan fingerprint density at radius 3 is 3.10 bits per heavy atom. The molecule has 1 aliphatic rings. The van der Waals surface area contributed by atoms with Gasteiger partial charge in [0.05, 0.1) is 19.3 Å². The van der Waals surface area contributed by atoms with Gasteiger partial charge in [0, 0.05) is 26.2 Å². The van der Waals surface area contributed by atoms with Crippen LogP contribution in [0.3, 0.4) is 0 Å². The highest BCUT2D eigenvalue weighted by molar-refractivity contribution is 5.28. The van der Waals surface area contributed by atoms with Gasteiger partial charge in [-0.2, -0.15) is 0 Å². The first-order valence-electron chi connectivity index (χ1n) is 7.26. The normalized spacial score (nSPS) is 21.2. The first-order chi connectivity index (χ1) is 10.2. The van der Waals surface area contributed by atoms with E-state index in [1.807, 2.05) is 24.3 Å². The van der Waals surface area contributed by atoms with Gasteiger partial charge in [-0.15, -0.1) is 0 Å². The topological polar surface area (TPSA) is 88.2 Å². The second kappa shape index (κ2) is 8.31. The van der Waals surface area contributed by atoms with Crippen LogP contribution in [0.15, 0.2) is 24.3 Å². The Kier molecular flexibility index (Phi) is 6.41. The van der Waals surface area contributed by atoms with Gasteiger partial charge in [-0.05, 0) is 17.7 Å². The summed E-state index contributed by atoms with van der Waals surface area (Å²) in [6.07, 6.45) is -0.739. The number of ether oxygens (including phenoxy) is 2. The predicted octanol–water partition coefficient (Wildman–Crippen LogP) is -0.422. The predicted molar refractivity (Wildman–Crippen MR) is 79.1 cm³/mol. The molecule has 1 fully saturated rings. The van der Waals surface area contributed by atoms with Crippen LogP contribution in [0.1, 0.15) is 5.56 Å². The van der Waals surface area contributed by atoms with Crippen molar-refractivity contribution < 1.29 is 19.7 Å². The zero-order valence-electron chi connectivity index (χ0n) is 12.1. The number of morpholine rings is 1. The van der Waals surface area contributed by atoms with Gasteiger partial charge in [-0.25, -0.2) is 0 Å². The number of rotatable bonds is 7. The van der Waals surface area contributed by atoms with E-state index in [0.717, 1.165) is 12.1 Å². The number of nitrogens with zero attached hydrogens (tertiary/aromatic N) is 1. The van der Waals surface area contributed by atoms with Crippen LogP contribution < -0.4 is 10.5 Å². The molecule has 1 aliphatic heterocycles. The van der Waals surface area contributed by atoms with E-state index in [9.17, 15) is 5.11 Å². The van der Waals surface area contributed by atoms with Gasteiger partial charge < -0.3 is 25.4 Å². The number of aliphatic hydroxyl groups is 2. The summed E-state index contributed by atoms with van der Waals surface area (Å²) in [6, 6.07) is 7.55. The molecule has 1 saturated heterocycles. The third-order valence-electron chi connectivity index (χ3n) is 3.47. The first-order valence-corrected chi connectivity index (χ1v) is 7.26. The van der Waals surface area contributed by atoms with Crippen molar-refractivity contribution in [3.05, 3.63) is 29.8 Å². The Hall–Kier alpha value is -1.18. The molecular weight excluding hydrogens is 272 g/mol. The highest BCUT2D eigenvalue weighted by Crippen LogP contribution is 2.13. The van der Waals surface area contributed by atoms with Crippen molar-refractivity contribution in [1.29, 1.82) is 0 Å². The van der Waals surface area contributed by atoms with Crippen molar-refractivity contribution in [3.63, 3.8) is 0 Å². The number of hydrogen-bond donors (Lipinski definition) is 3. The second-order valence-electron chi connectivity index (χ2n) is 5.25. The lowest BCUT2D eigenvalue weighted by Crippen LogP contribution is -2.47. The molecule has 2 unspecified atom stereocenters. The van der Waals surface area contributed by atoms with E-state index >= 15 is 0 Å². The third-order valence-corrected chi connectivity index (χ3v) is 3.47. The van der Waals surface area contributed by atoms with Crippen molar-refractivity contribution in [3.8, 4) is 5.75 Å². The van der Waals surface area contributed by atoms with E-state index in [0.29, 0.717) is 32.0 Å². The molecule has 118 valence electrons. The smallest absolute Gasteiger partial charge is 0.119 e. The van der Waals surface area contributed by atoms with Crippen LogP contribution in [-0.2, 0) is 11.3 Å². The molecule has 4 N–H and O–H groups in total. The number of β-amino-alcohol motifs (C(OH)–C–C–N with tert-alkyl or cyclic N) is 1. The summed E-state index contributed by atoms with van der Waals surface area (Å²) in [5, 5.41) is 19.1. The molecule has 2 atom stereocenters. The van der Waals surface area contributed by atoms with Gasteiger partial charge in [0.15, 0.2) is 0 Å². The molecule has 1 aromatic carbocycles. The summed E-state index contributed by atoms with van der Waals surface area (Å²) in [7, 11) is 0. The SMILES string of the molecule is NCc1cccc(OCC(O)CN2CCOC(CO)C2)c1. The Bertz CT molecular complexity index is 430. The highest BCUT2D eigenvalue weighted by Gasteiger charge is 2.21. The molecule has 0 amide bonds. The lowest BCUT2D eigenvalue weighted by molar-refractivity contribution is -0.0641. The molecule has 2 rings (SSSR count). The van der Waals surface area contributed by atoms with Gasteiger partial charge >= 0.3 is 0 Å². The van der Waals surface area contributed by atoms with Gasteiger partial charge in [0.2, 0.25) is 0 Å². The maximum absolute atomic E-state index is 10.1. The second-order valence-corrected chi connectivity index (χ2v) is 5.25. The molecule has 0 aromatic heterocycles. The molecular formula is C15H24N2O4. The molecule has 6 heteroatoms. The fourth-order valence-electron chi connectivity index (χ4n) is 2.36. The van der Waals surface area contributed by atoms with E-state index in [1.165, 1.54) is 0 Å². The van der Waals surface area contributed by atoms with Gasteiger partial charge in [0.1, 0.15) is 18.5 Å². The zero-order chi connectivity index (χ0) is 15.1. The summed E-state index contributed by atoms with van der Waals surface area (Å²) in [6.45, 7) is 3.19. The van der Waals surface area contributed by atoms with Crippen LogP contribution in [0, 0.1) is 0 Å². The van der Waals surface area contributed by atoms with Crippen molar-refractivity contribution in [1.82, 2.24) is 4.90 Å². The molecule has 0 radical (unpaired) electrons. The van der Waals surface area contributed by atoms with Crippen molar-refractivity contribution in [2.45, 2.75) is 18.8 Å². The van der Waals surface area contributed by atoms with Crippen LogP contribution in [0.25, 0.3) is 0 Å². The summed E-state index contributed by atoms with van der Waals surface area (Å²) in [5.74, 6) is 0.715. The monoisotopic (exact) mass is 296 g/mol. The van der Waals surface area contributed by atoms with Crippen LogP contribution in [0.4, 0.5) is 0 Å². The quantitative estimate of drug-likeness (QED) is 0.633. The van der Waals surface area contributed by atoms with Gasteiger partial charge in [-0.1, -0.05) is 12.1 Å². The van der Waals surface area contributed by atoms with Crippen LogP contribution in [0.5, 0.6) is 5.75 Å². The summed E-state index contributed by atoms with van der Waals surface area (Å²) in [4.78, 5) is 2.08. The number of benzene rings is 1. The lowest BCUT2D eigenvalue weighted by Gasteiger charge is -2.33. The Balaban J connectivity index is 1.75. The maximum atomic E-state index is 10.1. The largest absolute Gasteiger partial charge is 0.491 e. The molecule has 0 spiro atoms. The molecule has 0 saturated carbocycles. The standard InChI is InChI=1S/C15H24N2O4/c16-7-12-2-1-3-14(6-12)21-11-13(19)8-17-4-5-20-15(9-17)10-18/h1-3,6,13,15,18-19H,4-5,7-11,16H2. The molecule has 6 nitrogen and oxygen atoms in total.